The van der Waals surface area contributed by atoms with Crippen LogP contribution in [-0.4, -0.2) is 17.9 Å². The molecule has 24 heavy (non-hydrogen) atoms. The standard InChI is InChI=1S/C18H15ClFNO3/c19-15-10-12(20)6-9-14(15)18(23)24-16(11-4-2-1-3-5-11)17(22)21-13-7-8-13/h1-6,9-10,13,16H,7-8H2,(H,21,22). The maximum atomic E-state index is 13.1. The van der Waals surface area contributed by atoms with E-state index >= 15 is 0 Å². The number of ether oxygens (including phenoxy) is 1. The van der Waals surface area contributed by atoms with E-state index in [1.54, 1.807) is 30.3 Å². The number of nitrogens with one attached hydrogen (secondary N) is 1. The molecule has 3 rings (SSSR count). The summed E-state index contributed by atoms with van der Waals surface area (Å²) in [7, 11) is 0. The van der Waals surface area contributed by atoms with Gasteiger partial charge in [-0.1, -0.05) is 41.9 Å². The minimum absolute atomic E-state index is 0.0122. The van der Waals surface area contributed by atoms with E-state index in [-0.39, 0.29) is 22.5 Å². The van der Waals surface area contributed by atoms with Gasteiger partial charge in [0.15, 0.2) is 0 Å². The molecule has 1 N–H and O–H groups in total. The van der Waals surface area contributed by atoms with Gasteiger partial charge in [0, 0.05) is 11.6 Å². The van der Waals surface area contributed by atoms with Crippen molar-refractivity contribution in [3.63, 3.8) is 0 Å². The Kier molecular flexibility index (Phi) is 4.81. The zero-order valence-corrected chi connectivity index (χ0v) is 13.4. The second-order valence-electron chi connectivity index (χ2n) is 5.60. The molecule has 1 saturated carbocycles. The predicted octanol–water partition coefficient (Wildman–Crippen LogP) is 3.66. The van der Waals surface area contributed by atoms with Crippen molar-refractivity contribution < 1.29 is 18.7 Å². The molecule has 1 amide bonds. The van der Waals surface area contributed by atoms with E-state index in [9.17, 15) is 14.0 Å². The van der Waals surface area contributed by atoms with Crippen LogP contribution in [-0.2, 0) is 9.53 Å². The average molecular weight is 348 g/mol. The fourth-order valence-electron chi connectivity index (χ4n) is 2.23. The van der Waals surface area contributed by atoms with Crippen LogP contribution in [0.5, 0.6) is 0 Å². The lowest BCUT2D eigenvalue weighted by Crippen LogP contribution is -2.33. The van der Waals surface area contributed by atoms with Gasteiger partial charge in [-0.3, -0.25) is 4.79 Å². The van der Waals surface area contributed by atoms with E-state index in [0.29, 0.717) is 5.56 Å². The molecule has 0 spiro atoms. The summed E-state index contributed by atoms with van der Waals surface area (Å²) in [6.07, 6.45) is 0.760. The van der Waals surface area contributed by atoms with Crippen LogP contribution in [0.1, 0.15) is 34.9 Å². The molecule has 1 aliphatic carbocycles. The maximum Gasteiger partial charge on any atom is 0.340 e. The van der Waals surface area contributed by atoms with Crippen molar-refractivity contribution in [2.45, 2.75) is 25.0 Å². The second kappa shape index (κ2) is 7.01. The van der Waals surface area contributed by atoms with Crippen molar-refractivity contribution in [1.29, 1.82) is 0 Å². The number of carbonyl (C=O) groups excluding carboxylic acids is 2. The Bertz CT molecular complexity index is 762. The van der Waals surface area contributed by atoms with Crippen LogP contribution in [0.2, 0.25) is 5.02 Å². The van der Waals surface area contributed by atoms with E-state index in [4.69, 9.17) is 16.3 Å². The Morgan fingerprint density at radius 2 is 1.88 bits per heavy atom. The normalized spacial score (nSPS) is 14.8. The average Bonchev–Trinajstić information content (AvgIpc) is 3.37. The Morgan fingerprint density at radius 3 is 2.50 bits per heavy atom. The van der Waals surface area contributed by atoms with Gasteiger partial charge in [-0.15, -0.1) is 0 Å². The highest BCUT2D eigenvalue weighted by molar-refractivity contribution is 6.33. The van der Waals surface area contributed by atoms with E-state index < -0.39 is 17.9 Å². The van der Waals surface area contributed by atoms with Crippen LogP contribution in [0.3, 0.4) is 0 Å². The molecule has 0 saturated heterocycles. The number of benzene rings is 2. The fraction of sp³-hybridized carbons (Fsp3) is 0.222. The first-order chi connectivity index (χ1) is 11.5. The highest BCUT2D eigenvalue weighted by Gasteiger charge is 2.31. The molecule has 1 atom stereocenters. The summed E-state index contributed by atoms with van der Waals surface area (Å²) in [6.45, 7) is 0. The topological polar surface area (TPSA) is 55.4 Å². The quantitative estimate of drug-likeness (QED) is 0.840. The smallest absolute Gasteiger partial charge is 0.340 e. The third-order valence-corrected chi connectivity index (χ3v) is 3.95. The van der Waals surface area contributed by atoms with E-state index in [0.717, 1.165) is 25.0 Å². The summed E-state index contributed by atoms with van der Waals surface area (Å²) in [4.78, 5) is 24.8. The molecule has 0 radical (unpaired) electrons. The van der Waals surface area contributed by atoms with Gasteiger partial charge in [0.1, 0.15) is 5.82 Å². The molecule has 0 aromatic heterocycles. The minimum atomic E-state index is -1.08. The lowest BCUT2D eigenvalue weighted by molar-refractivity contribution is -0.130. The molecule has 1 unspecified atom stereocenters. The molecule has 0 bridgehead atoms. The molecule has 2 aromatic rings. The van der Waals surface area contributed by atoms with Crippen molar-refractivity contribution in [3.05, 3.63) is 70.5 Å². The molecule has 1 fully saturated rings. The highest BCUT2D eigenvalue weighted by Crippen LogP contribution is 2.25. The molecule has 0 aliphatic heterocycles. The van der Waals surface area contributed by atoms with Crippen LogP contribution in [0, 0.1) is 5.82 Å². The van der Waals surface area contributed by atoms with Crippen LogP contribution in [0.15, 0.2) is 48.5 Å². The molecular weight excluding hydrogens is 333 g/mol. The first-order valence-corrected chi connectivity index (χ1v) is 7.94. The van der Waals surface area contributed by atoms with Gasteiger partial charge in [-0.2, -0.15) is 0 Å². The van der Waals surface area contributed by atoms with Crippen molar-refractivity contribution in [2.24, 2.45) is 0 Å². The van der Waals surface area contributed by atoms with Gasteiger partial charge in [0.25, 0.3) is 5.91 Å². The number of amides is 1. The second-order valence-corrected chi connectivity index (χ2v) is 6.01. The number of hydrogen-bond acceptors (Lipinski definition) is 3. The molecule has 1 aliphatic rings. The summed E-state index contributed by atoms with van der Waals surface area (Å²) in [5.41, 5.74) is 0.570. The first kappa shape index (κ1) is 16.5. The lowest BCUT2D eigenvalue weighted by Gasteiger charge is -2.18. The van der Waals surface area contributed by atoms with Crippen molar-refractivity contribution in [3.8, 4) is 0 Å². The van der Waals surface area contributed by atoms with Gasteiger partial charge < -0.3 is 10.1 Å². The number of carbonyl (C=O) groups is 2. The van der Waals surface area contributed by atoms with Gasteiger partial charge in [-0.25, -0.2) is 9.18 Å². The molecule has 0 heterocycles. The number of esters is 1. The Labute approximate surface area is 143 Å². The third-order valence-electron chi connectivity index (χ3n) is 3.64. The minimum Gasteiger partial charge on any atom is -0.444 e. The Morgan fingerprint density at radius 1 is 1.17 bits per heavy atom. The molecule has 4 nitrogen and oxygen atoms in total. The molecular formula is C18H15ClFNO3. The third kappa shape index (κ3) is 3.92. The summed E-state index contributed by atoms with van der Waals surface area (Å²) in [5.74, 6) is -1.71. The largest absolute Gasteiger partial charge is 0.444 e. The fourth-order valence-corrected chi connectivity index (χ4v) is 2.48. The summed E-state index contributed by atoms with van der Waals surface area (Å²) in [5, 5.41) is 2.76. The summed E-state index contributed by atoms with van der Waals surface area (Å²) in [6, 6.07) is 12.2. The van der Waals surface area contributed by atoms with Gasteiger partial charge in [-0.05, 0) is 31.0 Å². The molecule has 124 valence electrons. The Hall–Kier alpha value is -2.40. The van der Waals surface area contributed by atoms with Crippen molar-refractivity contribution >= 4 is 23.5 Å². The molecule has 2 aromatic carbocycles. The maximum absolute atomic E-state index is 13.1. The zero-order chi connectivity index (χ0) is 17.1. The van der Waals surface area contributed by atoms with Crippen LogP contribution in [0.4, 0.5) is 4.39 Å². The van der Waals surface area contributed by atoms with E-state index in [1.807, 2.05) is 0 Å². The molecule has 6 heteroatoms. The summed E-state index contributed by atoms with van der Waals surface area (Å²) < 4.78 is 18.5. The van der Waals surface area contributed by atoms with Gasteiger partial charge in [0.05, 0.1) is 10.6 Å². The van der Waals surface area contributed by atoms with Crippen molar-refractivity contribution in [2.75, 3.05) is 0 Å². The van der Waals surface area contributed by atoms with Gasteiger partial charge >= 0.3 is 5.97 Å². The van der Waals surface area contributed by atoms with E-state index in [1.165, 1.54) is 6.07 Å². The zero-order valence-electron chi connectivity index (χ0n) is 12.7. The predicted molar refractivity (Wildman–Crippen MR) is 87.2 cm³/mol. The van der Waals surface area contributed by atoms with Crippen LogP contribution >= 0.6 is 11.6 Å². The SMILES string of the molecule is O=C(OC(C(=O)NC1CC1)c1ccccc1)c1ccc(F)cc1Cl. The number of rotatable bonds is 5. The number of halogens is 2. The highest BCUT2D eigenvalue weighted by atomic mass is 35.5. The Balaban J connectivity index is 1.82. The van der Waals surface area contributed by atoms with Crippen LogP contribution < -0.4 is 5.32 Å². The van der Waals surface area contributed by atoms with E-state index in [2.05, 4.69) is 5.32 Å². The summed E-state index contributed by atoms with van der Waals surface area (Å²) >= 11 is 5.89. The van der Waals surface area contributed by atoms with Gasteiger partial charge in [0.2, 0.25) is 6.10 Å². The first-order valence-electron chi connectivity index (χ1n) is 7.56. The van der Waals surface area contributed by atoms with Crippen LogP contribution in [0.25, 0.3) is 0 Å². The number of hydrogen-bond donors (Lipinski definition) is 1. The lowest BCUT2D eigenvalue weighted by atomic mass is 10.1. The monoisotopic (exact) mass is 347 g/mol. The van der Waals surface area contributed by atoms with Crippen molar-refractivity contribution in [1.82, 2.24) is 5.32 Å².